The standard InChI is InChI=1S/C7H10N2O.C6H7N/c1-8-6-4-3-5-7(9-6)10-2;7-6-4-2-1-3-5-6/h3-5H,1-2H3,(H,8,9);1-5H,7H2. The van der Waals surface area contributed by atoms with Crippen LogP contribution in [0, 0.1) is 0 Å². The van der Waals surface area contributed by atoms with Crippen LogP contribution in [0.1, 0.15) is 0 Å². The third kappa shape index (κ3) is 4.88. The Morgan fingerprint density at radius 3 is 2.24 bits per heavy atom. The number of ether oxygens (including phenoxy) is 1. The Morgan fingerprint density at radius 2 is 1.76 bits per heavy atom. The lowest BCUT2D eigenvalue weighted by molar-refractivity contribution is 0.398. The zero-order valence-electron chi connectivity index (χ0n) is 10.1. The summed E-state index contributed by atoms with van der Waals surface area (Å²) in [6.07, 6.45) is 0. The summed E-state index contributed by atoms with van der Waals surface area (Å²) in [4.78, 5) is 4.08. The van der Waals surface area contributed by atoms with E-state index in [2.05, 4.69) is 10.3 Å². The van der Waals surface area contributed by atoms with Crippen molar-refractivity contribution in [1.29, 1.82) is 0 Å². The number of nitrogens with one attached hydrogen (secondary N) is 1. The number of rotatable bonds is 2. The van der Waals surface area contributed by atoms with Crippen molar-refractivity contribution in [3.63, 3.8) is 0 Å². The number of nitrogens with two attached hydrogens (primary N) is 1. The fourth-order valence-electron chi connectivity index (χ4n) is 1.12. The van der Waals surface area contributed by atoms with Crippen LogP contribution in [-0.2, 0) is 0 Å². The molecule has 0 aliphatic heterocycles. The van der Waals surface area contributed by atoms with Crippen LogP contribution in [0.25, 0.3) is 0 Å². The van der Waals surface area contributed by atoms with E-state index >= 15 is 0 Å². The summed E-state index contributed by atoms with van der Waals surface area (Å²) >= 11 is 0. The third-order valence-electron chi connectivity index (χ3n) is 1.99. The molecule has 0 aliphatic carbocycles. The molecular formula is C13H17N3O. The molecule has 3 N–H and O–H groups in total. The Labute approximate surface area is 101 Å². The SMILES string of the molecule is CNc1cccc(OC)n1.Nc1ccccc1. The zero-order valence-corrected chi connectivity index (χ0v) is 10.1. The predicted molar refractivity (Wildman–Crippen MR) is 71.2 cm³/mol. The number of methoxy groups -OCH3 is 1. The van der Waals surface area contributed by atoms with Gasteiger partial charge in [0, 0.05) is 18.8 Å². The number of aromatic nitrogens is 1. The van der Waals surface area contributed by atoms with E-state index in [4.69, 9.17) is 10.5 Å². The number of nitrogen functional groups attached to an aromatic ring is 1. The molecular weight excluding hydrogens is 214 g/mol. The van der Waals surface area contributed by atoms with Gasteiger partial charge in [-0.3, -0.25) is 0 Å². The van der Waals surface area contributed by atoms with Gasteiger partial charge in [-0.15, -0.1) is 0 Å². The first-order valence-corrected chi connectivity index (χ1v) is 5.25. The third-order valence-corrected chi connectivity index (χ3v) is 1.99. The summed E-state index contributed by atoms with van der Waals surface area (Å²) in [5, 5.41) is 2.91. The average molecular weight is 231 g/mol. The maximum absolute atomic E-state index is 5.36. The van der Waals surface area contributed by atoms with Crippen molar-refractivity contribution in [2.45, 2.75) is 0 Å². The van der Waals surface area contributed by atoms with Crippen molar-refractivity contribution < 1.29 is 4.74 Å². The second kappa shape index (κ2) is 7.11. The highest BCUT2D eigenvalue weighted by Gasteiger charge is 1.91. The van der Waals surface area contributed by atoms with Crippen LogP contribution in [-0.4, -0.2) is 19.1 Å². The first kappa shape index (κ1) is 12.8. The van der Waals surface area contributed by atoms with Gasteiger partial charge in [-0.05, 0) is 18.2 Å². The minimum Gasteiger partial charge on any atom is -0.481 e. The number of pyridine rings is 1. The number of benzene rings is 1. The van der Waals surface area contributed by atoms with Crippen molar-refractivity contribution in [3.8, 4) is 5.88 Å². The van der Waals surface area contributed by atoms with E-state index in [1.165, 1.54) is 0 Å². The topological polar surface area (TPSA) is 60.2 Å². The lowest BCUT2D eigenvalue weighted by Crippen LogP contribution is -1.93. The van der Waals surface area contributed by atoms with Crippen molar-refractivity contribution >= 4 is 11.5 Å². The number of anilines is 2. The summed E-state index contributed by atoms with van der Waals surface area (Å²) in [5.41, 5.74) is 6.18. The predicted octanol–water partition coefficient (Wildman–Crippen LogP) is 2.40. The molecule has 1 aromatic heterocycles. The summed E-state index contributed by atoms with van der Waals surface area (Å²) < 4.78 is 4.91. The molecule has 0 unspecified atom stereocenters. The quantitative estimate of drug-likeness (QED) is 0.779. The van der Waals surface area contributed by atoms with E-state index in [0.29, 0.717) is 5.88 Å². The van der Waals surface area contributed by atoms with E-state index in [-0.39, 0.29) is 0 Å². The molecule has 0 saturated carbocycles. The molecule has 0 saturated heterocycles. The number of nitrogens with zero attached hydrogens (tertiary/aromatic N) is 1. The Bertz CT molecular complexity index is 412. The molecule has 17 heavy (non-hydrogen) atoms. The number of para-hydroxylation sites is 1. The smallest absolute Gasteiger partial charge is 0.214 e. The van der Waals surface area contributed by atoms with Gasteiger partial charge < -0.3 is 15.8 Å². The summed E-state index contributed by atoms with van der Waals surface area (Å²) in [6, 6.07) is 15.1. The van der Waals surface area contributed by atoms with Gasteiger partial charge in [0.1, 0.15) is 5.82 Å². The van der Waals surface area contributed by atoms with E-state index in [9.17, 15) is 0 Å². The fraction of sp³-hybridized carbons (Fsp3) is 0.154. The summed E-state index contributed by atoms with van der Waals surface area (Å²) in [6.45, 7) is 0. The maximum Gasteiger partial charge on any atom is 0.214 e. The Hall–Kier alpha value is -2.23. The van der Waals surface area contributed by atoms with Crippen LogP contribution in [0.5, 0.6) is 5.88 Å². The van der Waals surface area contributed by atoms with Gasteiger partial charge in [-0.25, -0.2) is 0 Å². The second-order valence-corrected chi connectivity index (χ2v) is 3.23. The summed E-state index contributed by atoms with van der Waals surface area (Å²) in [7, 11) is 3.42. The first-order valence-electron chi connectivity index (χ1n) is 5.25. The Kier molecular flexibility index (Phi) is 5.37. The molecule has 0 bridgehead atoms. The molecule has 0 aliphatic rings. The van der Waals surface area contributed by atoms with Crippen molar-refractivity contribution in [2.24, 2.45) is 0 Å². The Balaban J connectivity index is 0.000000181. The lowest BCUT2D eigenvalue weighted by atomic mass is 10.3. The lowest BCUT2D eigenvalue weighted by Gasteiger charge is -2.00. The Morgan fingerprint density at radius 1 is 1.06 bits per heavy atom. The van der Waals surface area contributed by atoms with Crippen LogP contribution in [0.15, 0.2) is 48.5 Å². The minimum absolute atomic E-state index is 0.631. The zero-order chi connectivity index (χ0) is 12.5. The molecule has 2 rings (SSSR count). The van der Waals surface area contributed by atoms with E-state index < -0.39 is 0 Å². The van der Waals surface area contributed by atoms with Crippen LogP contribution >= 0.6 is 0 Å². The van der Waals surface area contributed by atoms with Gasteiger partial charge >= 0.3 is 0 Å². The highest BCUT2D eigenvalue weighted by Crippen LogP contribution is 2.08. The van der Waals surface area contributed by atoms with E-state index in [1.807, 2.05) is 49.5 Å². The second-order valence-electron chi connectivity index (χ2n) is 3.23. The van der Waals surface area contributed by atoms with Crippen molar-refractivity contribution in [3.05, 3.63) is 48.5 Å². The molecule has 0 spiro atoms. The van der Waals surface area contributed by atoms with Crippen molar-refractivity contribution in [1.82, 2.24) is 4.98 Å². The molecule has 0 amide bonds. The molecule has 4 nitrogen and oxygen atoms in total. The van der Waals surface area contributed by atoms with Crippen LogP contribution < -0.4 is 15.8 Å². The fourth-order valence-corrected chi connectivity index (χ4v) is 1.12. The number of hydrogen-bond acceptors (Lipinski definition) is 4. The molecule has 1 heterocycles. The maximum atomic E-state index is 5.36. The molecule has 2 aromatic rings. The first-order chi connectivity index (χ1) is 8.26. The molecule has 0 radical (unpaired) electrons. The van der Waals surface area contributed by atoms with Crippen LogP contribution in [0.4, 0.5) is 11.5 Å². The monoisotopic (exact) mass is 231 g/mol. The van der Waals surface area contributed by atoms with E-state index in [1.54, 1.807) is 13.2 Å². The molecule has 0 fully saturated rings. The van der Waals surface area contributed by atoms with Gasteiger partial charge in [0.25, 0.3) is 0 Å². The molecule has 0 atom stereocenters. The number of hydrogen-bond donors (Lipinski definition) is 2. The summed E-state index contributed by atoms with van der Waals surface area (Å²) in [5.74, 6) is 1.45. The highest BCUT2D eigenvalue weighted by molar-refractivity contribution is 5.36. The molecule has 4 heteroatoms. The van der Waals surface area contributed by atoms with Crippen molar-refractivity contribution in [2.75, 3.05) is 25.2 Å². The van der Waals surface area contributed by atoms with Gasteiger partial charge in [-0.2, -0.15) is 4.98 Å². The van der Waals surface area contributed by atoms with Crippen LogP contribution in [0.2, 0.25) is 0 Å². The van der Waals surface area contributed by atoms with Gasteiger partial charge in [0.15, 0.2) is 0 Å². The largest absolute Gasteiger partial charge is 0.481 e. The van der Waals surface area contributed by atoms with Gasteiger partial charge in [-0.1, -0.05) is 24.3 Å². The van der Waals surface area contributed by atoms with Crippen LogP contribution in [0.3, 0.4) is 0 Å². The average Bonchev–Trinajstić information content (AvgIpc) is 2.40. The normalized spacial score (nSPS) is 8.82. The van der Waals surface area contributed by atoms with E-state index in [0.717, 1.165) is 11.5 Å². The minimum atomic E-state index is 0.631. The van der Waals surface area contributed by atoms with Gasteiger partial charge in [0.05, 0.1) is 7.11 Å². The van der Waals surface area contributed by atoms with Gasteiger partial charge in [0.2, 0.25) is 5.88 Å². The highest BCUT2D eigenvalue weighted by atomic mass is 16.5. The molecule has 1 aromatic carbocycles. The molecule has 90 valence electrons.